The number of hydrogen-bond donors (Lipinski definition) is 1. The second-order valence-corrected chi connectivity index (χ2v) is 6.97. The molecule has 0 spiro atoms. The fourth-order valence-electron chi connectivity index (χ4n) is 2.99. The van der Waals surface area contributed by atoms with Crippen LogP contribution in [-0.4, -0.2) is 5.11 Å². The minimum Gasteiger partial charge on any atom is -0.508 e. The number of phenols is 1. The van der Waals surface area contributed by atoms with E-state index in [1.807, 2.05) is 80.6 Å². The smallest absolute Gasteiger partial charge is 0.130 e. The number of para-hydroxylation sites is 1. The van der Waals surface area contributed by atoms with Gasteiger partial charge in [-0.2, -0.15) is 0 Å². The number of ether oxygens (including phenoxy) is 3. The molecule has 0 saturated carbocycles. The van der Waals surface area contributed by atoms with E-state index < -0.39 is 0 Å². The molecule has 0 unspecified atom stereocenters. The van der Waals surface area contributed by atoms with Crippen LogP contribution in [0, 0.1) is 13.8 Å². The first-order valence-corrected chi connectivity index (χ1v) is 9.66. The zero-order valence-corrected chi connectivity index (χ0v) is 16.8. The summed E-state index contributed by atoms with van der Waals surface area (Å²) in [7, 11) is 0. The molecule has 4 aromatic rings. The lowest BCUT2D eigenvalue weighted by atomic mass is 10.2. The van der Waals surface area contributed by atoms with Gasteiger partial charge in [0, 0.05) is 0 Å². The van der Waals surface area contributed by atoms with Gasteiger partial charge in [-0.05, 0) is 97.8 Å². The van der Waals surface area contributed by atoms with Crippen LogP contribution < -0.4 is 14.2 Å². The molecule has 0 radical (unpaired) electrons. The van der Waals surface area contributed by atoms with Gasteiger partial charge in [0.1, 0.15) is 40.2 Å². The van der Waals surface area contributed by atoms with Crippen molar-refractivity contribution in [3.63, 3.8) is 0 Å². The molecule has 0 aliphatic heterocycles. The minimum atomic E-state index is 0.207. The number of rotatable bonds is 6. The van der Waals surface area contributed by atoms with Gasteiger partial charge in [-0.3, -0.25) is 0 Å². The van der Waals surface area contributed by atoms with Gasteiger partial charge in [0.2, 0.25) is 0 Å². The van der Waals surface area contributed by atoms with Crippen molar-refractivity contribution in [3.8, 4) is 40.2 Å². The molecule has 0 fully saturated rings. The number of benzene rings is 4. The molecule has 4 nitrogen and oxygen atoms in total. The van der Waals surface area contributed by atoms with Gasteiger partial charge in [0.05, 0.1) is 0 Å². The molecular formula is C26H22O4. The summed E-state index contributed by atoms with van der Waals surface area (Å²) in [6.45, 7) is 3.95. The lowest BCUT2D eigenvalue weighted by Gasteiger charge is -2.13. The van der Waals surface area contributed by atoms with Gasteiger partial charge in [-0.25, -0.2) is 0 Å². The van der Waals surface area contributed by atoms with Crippen LogP contribution in [0.3, 0.4) is 0 Å². The van der Waals surface area contributed by atoms with Crippen LogP contribution in [0.5, 0.6) is 40.2 Å². The Kier molecular flexibility index (Phi) is 5.57. The van der Waals surface area contributed by atoms with E-state index in [1.165, 1.54) is 0 Å². The van der Waals surface area contributed by atoms with E-state index in [2.05, 4.69) is 0 Å². The van der Waals surface area contributed by atoms with Gasteiger partial charge >= 0.3 is 0 Å². The minimum absolute atomic E-state index is 0.207. The first kappa shape index (κ1) is 19.4. The molecule has 1 N–H and O–H groups in total. The molecular weight excluding hydrogens is 376 g/mol. The second-order valence-electron chi connectivity index (χ2n) is 6.97. The first-order chi connectivity index (χ1) is 14.6. The van der Waals surface area contributed by atoms with E-state index in [9.17, 15) is 5.11 Å². The fraction of sp³-hybridized carbons (Fsp3) is 0.0769. The van der Waals surface area contributed by atoms with E-state index in [1.54, 1.807) is 24.3 Å². The monoisotopic (exact) mass is 398 g/mol. The summed E-state index contributed by atoms with van der Waals surface area (Å²) >= 11 is 0. The Balaban J connectivity index is 1.46. The molecule has 0 aromatic heterocycles. The van der Waals surface area contributed by atoms with Crippen LogP contribution in [0.25, 0.3) is 0 Å². The Labute approximate surface area is 175 Å². The molecule has 0 bridgehead atoms. The zero-order valence-electron chi connectivity index (χ0n) is 16.8. The molecule has 0 saturated heterocycles. The van der Waals surface area contributed by atoms with Crippen molar-refractivity contribution in [2.75, 3.05) is 0 Å². The van der Waals surface area contributed by atoms with Gasteiger partial charge in [-0.1, -0.05) is 18.2 Å². The highest BCUT2D eigenvalue weighted by Crippen LogP contribution is 2.33. The van der Waals surface area contributed by atoms with Crippen LogP contribution in [0.1, 0.15) is 11.1 Å². The van der Waals surface area contributed by atoms with Crippen molar-refractivity contribution >= 4 is 0 Å². The number of aromatic hydroxyl groups is 1. The van der Waals surface area contributed by atoms with E-state index in [4.69, 9.17) is 14.2 Å². The molecule has 0 heterocycles. The van der Waals surface area contributed by atoms with Crippen LogP contribution in [0.2, 0.25) is 0 Å². The molecule has 0 atom stereocenters. The van der Waals surface area contributed by atoms with Crippen molar-refractivity contribution in [1.29, 1.82) is 0 Å². The third-order valence-corrected chi connectivity index (χ3v) is 4.56. The summed E-state index contributed by atoms with van der Waals surface area (Å²) in [5.41, 5.74) is 1.92. The van der Waals surface area contributed by atoms with Gasteiger partial charge in [0.15, 0.2) is 0 Å². The summed E-state index contributed by atoms with van der Waals surface area (Å²) in [5, 5.41) is 9.39. The van der Waals surface area contributed by atoms with Crippen molar-refractivity contribution in [2.45, 2.75) is 13.8 Å². The molecule has 0 aliphatic rings. The normalized spacial score (nSPS) is 10.5. The average molecular weight is 398 g/mol. The molecule has 150 valence electrons. The summed E-state index contributed by atoms with van der Waals surface area (Å²) < 4.78 is 17.8. The third kappa shape index (κ3) is 4.73. The van der Waals surface area contributed by atoms with Crippen molar-refractivity contribution in [1.82, 2.24) is 0 Å². The van der Waals surface area contributed by atoms with Crippen LogP contribution in [-0.2, 0) is 0 Å². The van der Waals surface area contributed by atoms with Gasteiger partial charge < -0.3 is 19.3 Å². The van der Waals surface area contributed by atoms with Gasteiger partial charge in [0.25, 0.3) is 0 Å². The van der Waals surface area contributed by atoms with E-state index in [0.717, 1.165) is 39.9 Å². The summed E-state index contributed by atoms with van der Waals surface area (Å²) in [6, 6.07) is 27.8. The first-order valence-electron chi connectivity index (χ1n) is 9.66. The topological polar surface area (TPSA) is 47.9 Å². The quantitative estimate of drug-likeness (QED) is 0.368. The Morgan fingerprint density at radius 3 is 1.53 bits per heavy atom. The average Bonchev–Trinajstić information content (AvgIpc) is 2.74. The predicted octanol–water partition coefficient (Wildman–Crippen LogP) is 7.39. The number of phenolic OH excluding ortho intramolecular Hbond substituents is 1. The van der Waals surface area contributed by atoms with Gasteiger partial charge in [-0.15, -0.1) is 0 Å². The zero-order chi connectivity index (χ0) is 20.9. The third-order valence-electron chi connectivity index (χ3n) is 4.56. The van der Waals surface area contributed by atoms with E-state index in [-0.39, 0.29) is 5.75 Å². The number of hydrogen-bond acceptors (Lipinski definition) is 4. The van der Waals surface area contributed by atoms with Crippen molar-refractivity contribution in [2.24, 2.45) is 0 Å². The predicted molar refractivity (Wildman–Crippen MR) is 117 cm³/mol. The summed E-state index contributed by atoms with van der Waals surface area (Å²) in [4.78, 5) is 0. The standard InChI is InChI=1S/C26H22O4/c1-18-16-23(28-21-6-4-3-5-7-21)12-14-26(18)30-24-13-15-25(19(2)17-24)29-22-10-8-20(27)9-11-22/h3-17,27H,1-2H3. The summed E-state index contributed by atoms with van der Waals surface area (Å²) in [6.07, 6.45) is 0. The molecule has 30 heavy (non-hydrogen) atoms. The maximum absolute atomic E-state index is 9.39. The maximum Gasteiger partial charge on any atom is 0.130 e. The molecule has 0 aliphatic carbocycles. The Bertz CT molecular complexity index is 1140. The Morgan fingerprint density at radius 1 is 0.500 bits per heavy atom. The lowest BCUT2D eigenvalue weighted by molar-refractivity contribution is 0.456. The van der Waals surface area contributed by atoms with E-state index in [0.29, 0.717) is 5.75 Å². The molecule has 0 amide bonds. The van der Waals surface area contributed by atoms with E-state index >= 15 is 0 Å². The second kappa shape index (κ2) is 8.62. The fourth-order valence-corrected chi connectivity index (χ4v) is 2.99. The summed E-state index contributed by atoms with van der Waals surface area (Å²) in [5.74, 6) is 4.65. The molecule has 4 rings (SSSR count). The highest BCUT2D eigenvalue weighted by Gasteiger charge is 2.08. The van der Waals surface area contributed by atoms with Crippen molar-refractivity contribution in [3.05, 3.63) is 102 Å². The van der Waals surface area contributed by atoms with Crippen LogP contribution >= 0.6 is 0 Å². The highest BCUT2D eigenvalue weighted by molar-refractivity contribution is 5.47. The largest absolute Gasteiger partial charge is 0.508 e. The number of aryl methyl sites for hydroxylation is 2. The van der Waals surface area contributed by atoms with Crippen LogP contribution in [0.4, 0.5) is 0 Å². The molecule has 4 aromatic carbocycles. The van der Waals surface area contributed by atoms with Crippen molar-refractivity contribution < 1.29 is 19.3 Å². The lowest BCUT2D eigenvalue weighted by Crippen LogP contribution is -1.92. The Hall–Kier alpha value is -3.92. The SMILES string of the molecule is Cc1cc(Oc2ccccc2)ccc1Oc1ccc(Oc2ccc(O)cc2)c(C)c1. The highest BCUT2D eigenvalue weighted by atomic mass is 16.5. The maximum atomic E-state index is 9.39. The van der Waals surface area contributed by atoms with Crippen LogP contribution in [0.15, 0.2) is 91.0 Å². The molecule has 4 heteroatoms. The Morgan fingerprint density at radius 2 is 0.967 bits per heavy atom.